The first-order valence-corrected chi connectivity index (χ1v) is 6.73. The summed E-state index contributed by atoms with van der Waals surface area (Å²) in [6.07, 6.45) is 4.90. The van der Waals surface area contributed by atoms with Crippen molar-refractivity contribution in [1.82, 2.24) is 0 Å². The molecule has 0 amide bonds. The Labute approximate surface area is 107 Å². The van der Waals surface area contributed by atoms with Crippen molar-refractivity contribution in [3.05, 3.63) is 42.0 Å². The maximum Gasteiger partial charge on any atom is 0.120 e. The first-order valence-electron chi connectivity index (χ1n) is 6.73. The van der Waals surface area contributed by atoms with Crippen LogP contribution in [0.25, 0.3) is 10.8 Å². The number of phenols is 1. The number of aromatic hydroxyl groups is 1. The molecular formula is C16H19NO. The van der Waals surface area contributed by atoms with Gasteiger partial charge >= 0.3 is 0 Å². The van der Waals surface area contributed by atoms with Crippen LogP contribution in [0, 0.1) is 5.92 Å². The van der Waals surface area contributed by atoms with Crippen molar-refractivity contribution in [2.75, 3.05) is 0 Å². The van der Waals surface area contributed by atoms with Gasteiger partial charge in [-0.15, -0.1) is 0 Å². The molecule has 0 unspecified atom stereocenters. The zero-order chi connectivity index (χ0) is 12.5. The molecule has 1 aliphatic rings. The number of fused-ring (bicyclic) bond motifs is 1. The van der Waals surface area contributed by atoms with Crippen molar-refractivity contribution in [2.24, 2.45) is 11.7 Å². The van der Waals surface area contributed by atoms with Gasteiger partial charge in [0.05, 0.1) is 0 Å². The number of phenolic OH excluding ortho intramolecular Hbond substituents is 1. The highest BCUT2D eigenvalue weighted by molar-refractivity contribution is 5.88. The van der Waals surface area contributed by atoms with Gasteiger partial charge in [0.15, 0.2) is 0 Å². The van der Waals surface area contributed by atoms with Crippen molar-refractivity contribution in [3.8, 4) is 5.75 Å². The van der Waals surface area contributed by atoms with E-state index in [0.717, 1.165) is 16.3 Å². The average molecular weight is 241 g/mol. The van der Waals surface area contributed by atoms with Gasteiger partial charge in [-0.2, -0.15) is 0 Å². The molecule has 1 atom stereocenters. The van der Waals surface area contributed by atoms with Crippen LogP contribution in [-0.2, 0) is 0 Å². The summed E-state index contributed by atoms with van der Waals surface area (Å²) >= 11 is 0. The molecule has 2 aromatic carbocycles. The van der Waals surface area contributed by atoms with E-state index in [1.807, 2.05) is 18.2 Å². The summed E-state index contributed by atoms with van der Waals surface area (Å²) in [7, 11) is 0. The summed E-state index contributed by atoms with van der Waals surface area (Å²) in [6, 6.07) is 11.8. The van der Waals surface area contributed by atoms with Gasteiger partial charge in [0, 0.05) is 11.6 Å². The Balaban J connectivity index is 2.11. The lowest BCUT2D eigenvalue weighted by Crippen LogP contribution is -2.19. The molecule has 3 N–H and O–H groups in total. The smallest absolute Gasteiger partial charge is 0.120 e. The third kappa shape index (κ3) is 1.87. The van der Waals surface area contributed by atoms with Crippen LogP contribution >= 0.6 is 0 Å². The maximum absolute atomic E-state index is 10.2. The summed E-state index contributed by atoms with van der Waals surface area (Å²) in [6.45, 7) is 0. The van der Waals surface area contributed by atoms with Gasteiger partial charge in [-0.25, -0.2) is 0 Å². The number of benzene rings is 2. The molecule has 1 fully saturated rings. The molecule has 1 saturated carbocycles. The van der Waals surface area contributed by atoms with Gasteiger partial charge in [-0.3, -0.25) is 0 Å². The van der Waals surface area contributed by atoms with Gasteiger partial charge < -0.3 is 10.8 Å². The first-order chi connectivity index (χ1) is 8.77. The number of hydrogen-bond acceptors (Lipinski definition) is 2. The van der Waals surface area contributed by atoms with Crippen molar-refractivity contribution in [1.29, 1.82) is 0 Å². The minimum absolute atomic E-state index is 0.0430. The van der Waals surface area contributed by atoms with Gasteiger partial charge in [0.2, 0.25) is 0 Å². The third-order valence-corrected chi connectivity index (χ3v) is 4.19. The lowest BCUT2D eigenvalue weighted by Gasteiger charge is -2.22. The van der Waals surface area contributed by atoms with Crippen LogP contribution in [0.2, 0.25) is 0 Å². The molecule has 2 aromatic rings. The summed E-state index contributed by atoms with van der Waals surface area (Å²) in [5, 5.41) is 12.4. The minimum atomic E-state index is -0.0430. The predicted molar refractivity (Wildman–Crippen MR) is 74.5 cm³/mol. The second kappa shape index (κ2) is 4.62. The molecule has 0 heterocycles. The highest BCUT2D eigenvalue weighted by atomic mass is 16.3. The fraction of sp³-hybridized carbons (Fsp3) is 0.375. The molecule has 94 valence electrons. The summed E-state index contributed by atoms with van der Waals surface area (Å²) < 4.78 is 0. The lowest BCUT2D eigenvalue weighted by atomic mass is 9.88. The van der Waals surface area contributed by atoms with E-state index in [2.05, 4.69) is 12.1 Å². The molecule has 0 aromatic heterocycles. The van der Waals surface area contributed by atoms with E-state index in [0.29, 0.717) is 11.7 Å². The van der Waals surface area contributed by atoms with Crippen LogP contribution in [-0.4, -0.2) is 5.11 Å². The van der Waals surface area contributed by atoms with E-state index in [4.69, 9.17) is 5.73 Å². The fourth-order valence-electron chi connectivity index (χ4n) is 3.19. The Kier molecular flexibility index (Phi) is 2.96. The molecule has 0 saturated heterocycles. The summed E-state index contributed by atoms with van der Waals surface area (Å²) in [5.41, 5.74) is 7.34. The summed E-state index contributed by atoms with van der Waals surface area (Å²) in [5.74, 6) is 0.856. The molecule has 0 radical (unpaired) electrons. The summed E-state index contributed by atoms with van der Waals surface area (Å²) in [4.78, 5) is 0. The lowest BCUT2D eigenvalue weighted by molar-refractivity contribution is 0.415. The van der Waals surface area contributed by atoms with Crippen molar-refractivity contribution >= 4 is 10.8 Å². The predicted octanol–water partition coefficient (Wildman–Crippen LogP) is 3.74. The maximum atomic E-state index is 10.2. The molecule has 3 rings (SSSR count). The van der Waals surface area contributed by atoms with Crippen LogP contribution in [0.5, 0.6) is 5.75 Å². The third-order valence-electron chi connectivity index (χ3n) is 4.19. The SMILES string of the molecule is N[C@H](c1c(O)ccc2ccccc12)C1CCCC1. The first kappa shape index (κ1) is 11.5. The molecule has 0 bridgehead atoms. The fourth-order valence-corrected chi connectivity index (χ4v) is 3.19. The quantitative estimate of drug-likeness (QED) is 0.841. The Bertz CT molecular complexity index is 558. The Hall–Kier alpha value is -1.54. The van der Waals surface area contributed by atoms with Crippen LogP contribution in [0.4, 0.5) is 0 Å². The average Bonchev–Trinajstić information content (AvgIpc) is 2.92. The zero-order valence-corrected chi connectivity index (χ0v) is 10.5. The standard InChI is InChI=1S/C16H19NO/c17-16(12-6-1-2-7-12)15-13-8-4-3-5-11(13)9-10-14(15)18/h3-5,8-10,12,16,18H,1-2,6-7,17H2/t16-/m0/s1. The molecule has 0 spiro atoms. The van der Waals surface area contributed by atoms with Crippen molar-refractivity contribution in [2.45, 2.75) is 31.7 Å². The zero-order valence-electron chi connectivity index (χ0n) is 10.5. The topological polar surface area (TPSA) is 46.2 Å². The van der Waals surface area contributed by atoms with Gasteiger partial charge in [-0.05, 0) is 35.6 Å². The Morgan fingerprint density at radius 3 is 2.56 bits per heavy atom. The second-order valence-corrected chi connectivity index (χ2v) is 5.29. The molecule has 2 heteroatoms. The van der Waals surface area contributed by atoms with Gasteiger partial charge in [-0.1, -0.05) is 43.2 Å². The highest BCUT2D eigenvalue weighted by Gasteiger charge is 2.26. The van der Waals surface area contributed by atoms with E-state index >= 15 is 0 Å². The monoisotopic (exact) mass is 241 g/mol. The number of nitrogens with two attached hydrogens (primary N) is 1. The van der Waals surface area contributed by atoms with Crippen LogP contribution in [0.1, 0.15) is 37.3 Å². The van der Waals surface area contributed by atoms with Crippen molar-refractivity contribution < 1.29 is 5.11 Å². The Morgan fingerprint density at radius 1 is 1.06 bits per heavy atom. The normalized spacial score (nSPS) is 18.3. The van der Waals surface area contributed by atoms with Gasteiger partial charge in [0.25, 0.3) is 0 Å². The molecular weight excluding hydrogens is 222 g/mol. The number of hydrogen-bond donors (Lipinski definition) is 2. The van der Waals surface area contributed by atoms with Crippen LogP contribution in [0.15, 0.2) is 36.4 Å². The van der Waals surface area contributed by atoms with E-state index < -0.39 is 0 Å². The Morgan fingerprint density at radius 2 is 1.78 bits per heavy atom. The molecule has 2 nitrogen and oxygen atoms in total. The van der Waals surface area contributed by atoms with Gasteiger partial charge in [0.1, 0.15) is 5.75 Å². The van der Waals surface area contributed by atoms with E-state index in [9.17, 15) is 5.11 Å². The van der Waals surface area contributed by atoms with E-state index in [-0.39, 0.29) is 6.04 Å². The van der Waals surface area contributed by atoms with Crippen LogP contribution in [0.3, 0.4) is 0 Å². The molecule has 1 aliphatic carbocycles. The second-order valence-electron chi connectivity index (χ2n) is 5.29. The molecule has 0 aliphatic heterocycles. The van der Waals surface area contributed by atoms with Crippen LogP contribution < -0.4 is 5.73 Å². The van der Waals surface area contributed by atoms with Crippen molar-refractivity contribution in [3.63, 3.8) is 0 Å². The largest absolute Gasteiger partial charge is 0.508 e. The molecule has 18 heavy (non-hydrogen) atoms. The minimum Gasteiger partial charge on any atom is -0.508 e. The van der Waals surface area contributed by atoms with E-state index in [1.54, 1.807) is 6.07 Å². The highest BCUT2D eigenvalue weighted by Crippen LogP contribution is 2.40. The number of rotatable bonds is 2. The van der Waals surface area contributed by atoms with E-state index in [1.165, 1.54) is 25.7 Å².